The second-order valence-electron chi connectivity index (χ2n) is 9.11. The number of carbonyl (C=O) groups excluding carboxylic acids is 1. The van der Waals surface area contributed by atoms with Gasteiger partial charge in [-0.2, -0.15) is 0 Å². The van der Waals surface area contributed by atoms with Gasteiger partial charge >= 0.3 is 0 Å². The van der Waals surface area contributed by atoms with Crippen molar-refractivity contribution in [1.29, 1.82) is 0 Å². The number of aliphatic imine (C=N–C) groups is 1. The molecule has 1 aliphatic carbocycles. The smallest absolute Gasteiger partial charge is 0.230 e. The van der Waals surface area contributed by atoms with Crippen LogP contribution in [-0.4, -0.2) is 63.7 Å². The molecular formula is C24H38ClIN4O2. The number of amides is 1. The lowest BCUT2D eigenvalue weighted by atomic mass is 9.74. The van der Waals surface area contributed by atoms with Crippen molar-refractivity contribution in [3.8, 4) is 0 Å². The number of guanidine groups is 1. The van der Waals surface area contributed by atoms with Gasteiger partial charge in [0, 0.05) is 50.8 Å². The molecule has 3 rings (SSSR count). The Balaban J connectivity index is 0.00000363. The number of nitrogens with one attached hydrogen (secondary N) is 2. The first kappa shape index (κ1) is 27.2. The van der Waals surface area contributed by atoms with Gasteiger partial charge in [0.2, 0.25) is 5.91 Å². The van der Waals surface area contributed by atoms with Crippen LogP contribution in [-0.2, 0) is 14.9 Å². The lowest BCUT2D eigenvalue weighted by molar-refractivity contribution is -0.138. The fraction of sp³-hybridized carbons (Fsp3) is 0.667. The van der Waals surface area contributed by atoms with Crippen molar-refractivity contribution in [3.63, 3.8) is 0 Å². The molecule has 1 saturated heterocycles. The Kier molecular flexibility index (Phi) is 10.5. The summed E-state index contributed by atoms with van der Waals surface area (Å²) in [7, 11) is 3.68. The number of rotatable bonds is 7. The van der Waals surface area contributed by atoms with E-state index in [9.17, 15) is 4.79 Å². The Hall–Kier alpha value is -1.06. The molecule has 2 fully saturated rings. The maximum absolute atomic E-state index is 12.9. The molecule has 2 aliphatic rings. The monoisotopic (exact) mass is 576 g/mol. The fourth-order valence-corrected chi connectivity index (χ4v) is 5.32. The second kappa shape index (κ2) is 12.4. The molecule has 0 atom stereocenters. The van der Waals surface area contributed by atoms with Crippen LogP contribution in [0.3, 0.4) is 0 Å². The molecule has 0 aromatic heterocycles. The third-order valence-electron chi connectivity index (χ3n) is 6.79. The highest BCUT2D eigenvalue weighted by Crippen LogP contribution is 2.40. The Labute approximate surface area is 214 Å². The summed E-state index contributed by atoms with van der Waals surface area (Å²) < 4.78 is 5.66. The van der Waals surface area contributed by atoms with Gasteiger partial charge in [-0.05, 0) is 44.2 Å². The van der Waals surface area contributed by atoms with E-state index in [-0.39, 0.29) is 40.7 Å². The number of halogens is 2. The van der Waals surface area contributed by atoms with E-state index in [4.69, 9.17) is 21.3 Å². The molecule has 1 saturated carbocycles. The van der Waals surface area contributed by atoms with Crippen LogP contribution < -0.4 is 10.6 Å². The van der Waals surface area contributed by atoms with Crippen LogP contribution in [0, 0.1) is 5.41 Å². The maximum atomic E-state index is 12.9. The Morgan fingerprint density at radius 2 is 1.78 bits per heavy atom. The molecule has 32 heavy (non-hydrogen) atoms. The van der Waals surface area contributed by atoms with E-state index in [0.29, 0.717) is 6.54 Å². The minimum Gasteiger partial charge on any atom is -0.381 e. The van der Waals surface area contributed by atoms with Crippen LogP contribution in [0.4, 0.5) is 0 Å². The third-order valence-corrected chi connectivity index (χ3v) is 7.12. The van der Waals surface area contributed by atoms with E-state index in [2.05, 4.69) is 29.7 Å². The Morgan fingerprint density at radius 1 is 1.12 bits per heavy atom. The van der Waals surface area contributed by atoms with Crippen molar-refractivity contribution in [2.45, 2.75) is 50.9 Å². The molecule has 180 valence electrons. The second-order valence-corrected chi connectivity index (χ2v) is 9.52. The zero-order valence-electron chi connectivity index (χ0n) is 19.6. The van der Waals surface area contributed by atoms with E-state index in [1.807, 2.05) is 26.2 Å². The van der Waals surface area contributed by atoms with Crippen LogP contribution in [0.5, 0.6) is 0 Å². The van der Waals surface area contributed by atoms with Gasteiger partial charge in [-0.1, -0.05) is 42.6 Å². The standard InChI is InChI=1S/C24H37ClN4O2.HI/c1-4-26-22(28-18-24(11-7-8-12-24)21(30)29(2)3)27-17-23(13-15-31-16-14-23)19-9-5-6-10-20(19)25;/h5-6,9-10H,4,7-8,11-18H2,1-3H3,(H2,26,27,28);1H. The number of hydrogen-bond donors (Lipinski definition) is 2. The normalized spacial score (nSPS) is 19.7. The zero-order chi connectivity index (χ0) is 22.3. The van der Waals surface area contributed by atoms with Gasteiger partial charge in [0.1, 0.15) is 0 Å². The van der Waals surface area contributed by atoms with E-state index in [1.165, 1.54) is 5.56 Å². The minimum absolute atomic E-state index is 0. The average Bonchev–Trinajstić information content (AvgIpc) is 3.26. The molecule has 1 aliphatic heterocycles. The maximum Gasteiger partial charge on any atom is 0.230 e. The SMILES string of the molecule is CCNC(=NCC1(C(=O)N(C)C)CCCC1)NCC1(c2ccccc2Cl)CCOCC1.I. The predicted molar refractivity (Wildman–Crippen MR) is 142 cm³/mol. The summed E-state index contributed by atoms with van der Waals surface area (Å²) in [5.41, 5.74) is 0.695. The molecule has 1 amide bonds. The summed E-state index contributed by atoms with van der Waals surface area (Å²) in [6, 6.07) is 8.11. The molecule has 0 spiro atoms. The van der Waals surface area contributed by atoms with Crippen LogP contribution in [0.1, 0.15) is 51.0 Å². The summed E-state index contributed by atoms with van der Waals surface area (Å²) in [5, 5.41) is 7.73. The fourth-order valence-electron chi connectivity index (χ4n) is 4.99. The van der Waals surface area contributed by atoms with Crippen LogP contribution in [0.2, 0.25) is 5.02 Å². The Bertz CT molecular complexity index is 775. The van der Waals surface area contributed by atoms with Gasteiger partial charge in [-0.15, -0.1) is 24.0 Å². The molecule has 6 nitrogen and oxygen atoms in total. The van der Waals surface area contributed by atoms with Gasteiger partial charge in [0.15, 0.2) is 5.96 Å². The van der Waals surface area contributed by atoms with Crippen LogP contribution >= 0.6 is 35.6 Å². The summed E-state index contributed by atoms with van der Waals surface area (Å²) in [5.74, 6) is 0.958. The minimum atomic E-state index is -0.370. The first-order chi connectivity index (χ1) is 14.9. The molecular weight excluding hydrogens is 539 g/mol. The van der Waals surface area contributed by atoms with E-state index in [1.54, 1.807) is 4.90 Å². The number of ether oxygens (including phenoxy) is 1. The van der Waals surface area contributed by atoms with Gasteiger partial charge < -0.3 is 20.3 Å². The van der Waals surface area contributed by atoms with Crippen molar-refractivity contribution >= 4 is 47.4 Å². The van der Waals surface area contributed by atoms with Gasteiger partial charge in [0.25, 0.3) is 0 Å². The first-order valence-corrected chi connectivity index (χ1v) is 11.9. The number of nitrogens with zero attached hydrogens (tertiary/aromatic N) is 2. The lowest BCUT2D eigenvalue weighted by Crippen LogP contribution is -2.49. The van der Waals surface area contributed by atoms with Crippen molar-refractivity contribution in [1.82, 2.24) is 15.5 Å². The number of hydrogen-bond acceptors (Lipinski definition) is 3. The first-order valence-electron chi connectivity index (χ1n) is 11.5. The highest BCUT2D eigenvalue weighted by atomic mass is 127. The van der Waals surface area contributed by atoms with Gasteiger partial charge in [-0.25, -0.2) is 0 Å². The predicted octanol–water partition coefficient (Wildman–Crippen LogP) is 4.21. The molecule has 0 bridgehead atoms. The largest absolute Gasteiger partial charge is 0.381 e. The lowest BCUT2D eigenvalue weighted by Gasteiger charge is -2.39. The summed E-state index contributed by atoms with van der Waals surface area (Å²) in [6.45, 7) is 5.51. The van der Waals surface area contributed by atoms with Crippen molar-refractivity contribution in [2.24, 2.45) is 10.4 Å². The van der Waals surface area contributed by atoms with Crippen LogP contribution in [0.25, 0.3) is 0 Å². The zero-order valence-corrected chi connectivity index (χ0v) is 22.7. The number of benzene rings is 1. The summed E-state index contributed by atoms with van der Waals surface area (Å²) >= 11 is 6.60. The molecule has 0 radical (unpaired) electrons. The molecule has 1 heterocycles. The quantitative estimate of drug-likeness (QED) is 0.290. The van der Waals surface area contributed by atoms with Crippen molar-refractivity contribution in [2.75, 3.05) is 46.9 Å². The van der Waals surface area contributed by atoms with E-state index < -0.39 is 0 Å². The average molecular weight is 577 g/mol. The number of carbonyl (C=O) groups is 1. The van der Waals surface area contributed by atoms with Crippen LogP contribution in [0.15, 0.2) is 29.3 Å². The highest BCUT2D eigenvalue weighted by molar-refractivity contribution is 14.0. The highest BCUT2D eigenvalue weighted by Gasteiger charge is 2.42. The van der Waals surface area contributed by atoms with E-state index >= 15 is 0 Å². The van der Waals surface area contributed by atoms with Gasteiger partial charge in [0.05, 0.1) is 12.0 Å². The Morgan fingerprint density at radius 3 is 2.38 bits per heavy atom. The van der Waals surface area contributed by atoms with E-state index in [0.717, 1.165) is 75.8 Å². The molecule has 1 aromatic rings. The summed E-state index contributed by atoms with van der Waals surface area (Å²) in [4.78, 5) is 19.5. The molecule has 8 heteroatoms. The topological polar surface area (TPSA) is 66.0 Å². The van der Waals surface area contributed by atoms with Gasteiger partial charge in [-0.3, -0.25) is 9.79 Å². The van der Waals surface area contributed by atoms with Crippen molar-refractivity contribution in [3.05, 3.63) is 34.9 Å². The summed E-state index contributed by atoms with van der Waals surface area (Å²) in [6.07, 6.45) is 5.82. The molecule has 2 N–H and O–H groups in total. The van der Waals surface area contributed by atoms with Crippen molar-refractivity contribution < 1.29 is 9.53 Å². The molecule has 1 aromatic carbocycles. The molecule has 0 unspecified atom stereocenters. The third kappa shape index (κ3) is 6.29.